The molecule has 1 aromatic rings. The van der Waals surface area contributed by atoms with Gasteiger partial charge in [0.25, 0.3) is 0 Å². The van der Waals surface area contributed by atoms with Crippen LogP contribution in [-0.2, 0) is 10.0 Å². The molecule has 0 unspecified atom stereocenters. The summed E-state index contributed by atoms with van der Waals surface area (Å²) in [6.07, 6.45) is 0.399. The molecule has 0 heterocycles. The van der Waals surface area contributed by atoms with Gasteiger partial charge in [0.05, 0.1) is 22.1 Å². The molecule has 0 radical (unpaired) electrons. The second kappa shape index (κ2) is 6.86. The van der Waals surface area contributed by atoms with Crippen LogP contribution in [0, 0.1) is 0 Å². The Morgan fingerprint density at radius 1 is 1.50 bits per heavy atom. The topological polar surface area (TPSA) is 104 Å². The molecule has 0 saturated heterocycles. The molecule has 6 nitrogen and oxygen atoms in total. The minimum Gasteiger partial charge on any atom is -0.478 e. The molecular formula is C11H13BrClNO5S. The molecule has 1 aromatic carbocycles. The summed E-state index contributed by atoms with van der Waals surface area (Å²) in [5.74, 6) is -1.33. The number of aliphatic hydroxyl groups is 1. The van der Waals surface area contributed by atoms with Gasteiger partial charge < -0.3 is 10.2 Å². The van der Waals surface area contributed by atoms with Crippen molar-refractivity contribution in [2.45, 2.75) is 24.3 Å². The third-order valence-corrected chi connectivity index (χ3v) is 5.34. The number of hydrogen-bond acceptors (Lipinski definition) is 4. The van der Waals surface area contributed by atoms with E-state index in [0.29, 0.717) is 6.42 Å². The molecule has 0 spiro atoms. The van der Waals surface area contributed by atoms with Crippen LogP contribution in [0.4, 0.5) is 0 Å². The minimum absolute atomic E-state index is 0.0781. The Morgan fingerprint density at radius 3 is 2.55 bits per heavy atom. The molecule has 0 bridgehead atoms. The zero-order valence-corrected chi connectivity index (χ0v) is 13.6. The van der Waals surface area contributed by atoms with Gasteiger partial charge in [0.15, 0.2) is 0 Å². The molecule has 3 N–H and O–H groups in total. The van der Waals surface area contributed by atoms with Crippen LogP contribution in [0.2, 0.25) is 5.02 Å². The summed E-state index contributed by atoms with van der Waals surface area (Å²) in [5, 5.41) is 17.9. The van der Waals surface area contributed by atoms with Crippen molar-refractivity contribution in [3.05, 3.63) is 27.2 Å². The first kappa shape index (κ1) is 17.4. The van der Waals surface area contributed by atoms with Gasteiger partial charge in [-0.25, -0.2) is 17.9 Å². The number of carboxylic acids is 1. The van der Waals surface area contributed by atoms with Crippen LogP contribution in [0.5, 0.6) is 0 Å². The van der Waals surface area contributed by atoms with E-state index in [2.05, 4.69) is 20.7 Å². The summed E-state index contributed by atoms with van der Waals surface area (Å²) in [7, 11) is -3.94. The zero-order chi connectivity index (χ0) is 15.5. The molecule has 0 fully saturated rings. The van der Waals surface area contributed by atoms with Gasteiger partial charge in [-0.1, -0.05) is 18.5 Å². The van der Waals surface area contributed by atoms with Crippen LogP contribution >= 0.6 is 27.5 Å². The first-order chi connectivity index (χ1) is 9.22. The number of aliphatic hydroxyl groups excluding tert-OH is 1. The first-order valence-corrected chi connectivity index (χ1v) is 8.23. The highest BCUT2D eigenvalue weighted by Crippen LogP contribution is 2.30. The quantitative estimate of drug-likeness (QED) is 0.692. The van der Waals surface area contributed by atoms with Crippen molar-refractivity contribution < 1.29 is 23.4 Å². The fourth-order valence-corrected chi connectivity index (χ4v) is 3.58. The standard InChI is InChI=1S/C11H13BrClNO5S/c1-2-6(5-15)14-20(18,19)7-3-8(11(16)17)10(13)9(12)4-7/h3-4,6,14-15H,2,5H2,1H3,(H,16,17)/t6-/m1/s1. The average Bonchev–Trinajstić information content (AvgIpc) is 2.38. The van der Waals surface area contributed by atoms with E-state index < -0.39 is 22.0 Å². The van der Waals surface area contributed by atoms with Gasteiger partial charge in [0.2, 0.25) is 10.0 Å². The summed E-state index contributed by atoms with van der Waals surface area (Å²) < 4.78 is 26.7. The number of halogens is 2. The number of sulfonamides is 1. The van der Waals surface area contributed by atoms with Crippen LogP contribution in [0.25, 0.3) is 0 Å². The van der Waals surface area contributed by atoms with E-state index in [4.69, 9.17) is 21.8 Å². The molecule has 0 saturated carbocycles. The van der Waals surface area contributed by atoms with Crippen molar-refractivity contribution in [3.8, 4) is 0 Å². The lowest BCUT2D eigenvalue weighted by Crippen LogP contribution is -2.37. The highest BCUT2D eigenvalue weighted by Gasteiger charge is 2.23. The number of carboxylic acid groups (broad SMARTS) is 1. The number of benzene rings is 1. The zero-order valence-electron chi connectivity index (χ0n) is 10.4. The van der Waals surface area contributed by atoms with Crippen molar-refractivity contribution in [2.75, 3.05) is 6.61 Å². The third-order valence-electron chi connectivity index (χ3n) is 2.58. The Morgan fingerprint density at radius 2 is 2.10 bits per heavy atom. The number of rotatable bonds is 6. The third kappa shape index (κ3) is 3.92. The average molecular weight is 387 g/mol. The van der Waals surface area contributed by atoms with E-state index >= 15 is 0 Å². The fraction of sp³-hybridized carbons (Fsp3) is 0.364. The van der Waals surface area contributed by atoms with Gasteiger partial charge in [0.1, 0.15) is 0 Å². The van der Waals surface area contributed by atoms with Gasteiger partial charge in [-0.2, -0.15) is 0 Å². The van der Waals surface area contributed by atoms with Crippen molar-refractivity contribution in [2.24, 2.45) is 0 Å². The van der Waals surface area contributed by atoms with E-state index in [9.17, 15) is 13.2 Å². The lowest BCUT2D eigenvalue weighted by atomic mass is 10.2. The van der Waals surface area contributed by atoms with Crippen molar-refractivity contribution in [1.82, 2.24) is 4.72 Å². The van der Waals surface area contributed by atoms with Crippen LogP contribution < -0.4 is 4.72 Å². The Balaban J connectivity index is 3.29. The lowest BCUT2D eigenvalue weighted by molar-refractivity contribution is 0.0696. The molecule has 1 atom stereocenters. The normalized spacial score (nSPS) is 13.2. The summed E-state index contributed by atoms with van der Waals surface area (Å²) in [4.78, 5) is 10.8. The van der Waals surface area contributed by atoms with E-state index in [-0.39, 0.29) is 26.6 Å². The number of carbonyl (C=O) groups is 1. The SMILES string of the molecule is CC[C@H](CO)NS(=O)(=O)c1cc(Br)c(Cl)c(C(=O)O)c1. The van der Waals surface area contributed by atoms with Crippen LogP contribution in [0.3, 0.4) is 0 Å². The maximum Gasteiger partial charge on any atom is 0.337 e. The Kier molecular flexibility index (Phi) is 5.96. The Hall–Kier alpha value is -0.670. The molecule has 0 aliphatic carbocycles. The first-order valence-electron chi connectivity index (χ1n) is 5.58. The smallest absolute Gasteiger partial charge is 0.337 e. The van der Waals surface area contributed by atoms with Crippen molar-refractivity contribution >= 4 is 43.5 Å². The molecule has 0 aliphatic rings. The maximum absolute atomic E-state index is 12.1. The van der Waals surface area contributed by atoms with E-state index in [1.54, 1.807) is 6.92 Å². The van der Waals surface area contributed by atoms with E-state index in [1.807, 2.05) is 0 Å². The van der Waals surface area contributed by atoms with E-state index in [0.717, 1.165) is 6.07 Å². The summed E-state index contributed by atoms with van der Waals surface area (Å²) in [6, 6.07) is 1.55. The van der Waals surface area contributed by atoms with Gasteiger partial charge in [-0.05, 0) is 34.5 Å². The largest absolute Gasteiger partial charge is 0.478 e. The second-order valence-corrected chi connectivity index (χ2v) is 6.93. The molecule has 112 valence electrons. The Bertz CT molecular complexity index is 615. The van der Waals surface area contributed by atoms with Gasteiger partial charge in [-0.3, -0.25) is 0 Å². The molecule has 0 aliphatic heterocycles. The number of nitrogens with one attached hydrogen (secondary N) is 1. The molecule has 0 aromatic heterocycles. The van der Waals surface area contributed by atoms with Gasteiger partial charge in [0, 0.05) is 10.5 Å². The Labute approximate surface area is 129 Å². The second-order valence-electron chi connectivity index (χ2n) is 3.98. The van der Waals surface area contributed by atoms with Crippen LogP contribution in [0.15, 0.2) is 21.5 Å². The molecule has 0 amide bonds. The van der Waals surface area contributed by atoms with Gasteiger partial charge in [-0.15, -0.1) is 0 Å². The molecule has 20 heavy (non-hydrogen) atoms. The van der Waals surface area contributed by atoms with Crippen molar-refractivity contribution in [1.29, 1.82) is 0 Å². The fourth-order valence-electron chi connectivity index (χ4n) is 1.41. The number of aromatic carboxylic acids is 1. The highest BCUT2D eigenvalue weighted by atomic mass is 79.9. The van der Waals surface area contributed by atoms with Crippen LogP contribution in [-0.4, -0.2) is 37.2 Å². The predicted molar refractivity (Wildman–Crippen MR) is 77.6 cm³/mol. The summed E-state index contributed by atoms with van der Waals surface area (Å²) in [5.41, 5.74) is -0.321. The molecule has 1 rings (SSSR count). The monoisotopic (exact) mass is 385 g/mol. The predicted octanol–water partition coefficient (Wildman–Crippen LogP) is 1.85. The minimum atomic E-state index is -3.94. The lowest BCUT2D eigenvalue weighted by Gasteiger charge is -2.15. The highest BCUT2D eigenvalue weighted by molar-refractivity contribution is 9.10. The van der Waals surface area contributed by atoms with Crippen molar-refractivity contribution in [3.63, 3.8) is 0 Å². The maximum atomic E-state index is 12.1. The van der Waals surface area contributed by atoms with Gasteiger partial charge >= 0.3 is 5.97 Å². The van der Waals surface area contributed by atoms with Crippen LogP contribution in [0.1, 0.15) is 23.7 Å². The summed E-state index contributed by atoms with van der Waals surface area (Å²) >= 11 is 8.81. The molecule has 9 heteroatoms. The summed E-state index contributed by atoms with van der Waals surface area (Å²) in [6.45, 7) is 1.36. The molecular weight excluding hydrogens is 374 g/mol. The van der Waals surface area contributed by atoms with E-state index in [1.165, 1.54) is 6.07 Å². The number of hydrogen-bond donors (Lipinski definition) is 3.